The Hall–Kier alpha value is -0.260. The van der Waals surface area contributed by atoms with Crippen molar-refractivity contribution in [2.75, 3.05) is 13.7 Å². The van der Waals surface area contributed by atoms with Gasteiger partial charge < -0.3 is 4.74 Å². The van der Waals surface area contributed by atoms with E-state index in [9.17, 15) is 8.78 Å². The van der Waals surface area contributed by atoms with E-state index in [-0.39, 0.29) is 5.92 Å². The van der Waals surface area contributed by atoms with Crippen LogP contribution in [0, 0.1) is 5.92 Å². The van der Waals surface area contributed by atoms with E-state index in [1.807, 2.05) is 0 Å². The van der Waals surface area contributed by atoms with Gasteiger partial charge in [-0.1, -0.05) is 6.92 Å². The van der Waals surface area contributed by atoms with Crippen LogP contribution in [0.15, 0.2) is 0 Å². The van der Waals surface area contributed by atoms with Gasteiger partial charge in [-0.05, 0) is 12.3 Å². The van der Waals surface area contributed by atoms with Gasteiger partial charge in [-0.25, -0.2) is 8.78 Å². The van der Waals surface area contributed by atoms with Crippen molar-refractivity contribution in [3.63, 3.8) is 0 Å². The molecule has 0 spiro atoms. The van der Waals surface area contributed by atoms with Gasteiger partial charge in [0.1, 0.15) is 0 Å². The number of ether oxygens (including phenoxy) is 1. The Morgan fingerprint density at radius 1 is 1.50 bits per heavy atom. The predicted molar refractivity (Wildman–Crippen MR) is 42.8 cm³/mol. The number of nitrogens with two attached hydrogens (primary N) is 1. The van der Waals surface area contributed by atoms with Crippen LogP contribution < -0.4 is 11.3 Å². The maximum absolute atomic E-state index is 12.2. The van der Waals surface area contributed by atoms with Crippen LogP contribution in [0.1, 0.15) is 13.3 Å². The van der Waals surface area contributed by atoms with E-state index >= 15 is 0 Å². The summed E-state index contributed by atoms with van der Waals surface area (Å²) >= 11 is 0. The molecular weight excluding hydrogens is 166 g/mol. The molecule has 0 heterocycles. The highest BCUT2D eigenvalue weighted by atomic mass is 19.3. The summed E-state index contributed by atoms with van der Waals surface area (Å²) in [7, 11) is 1.54. The summed E-state index contributed by atoms with van der Waals surface area (Å²) in [6.45, 7) is 2.20. The third-order valence-corrected chi connectivity index (χ3v) is 1.85. The number of rotatable bonds is 6. The first kappa shape index (κ1) is 11.7. The van der Waals surface area contributed by atoms with Crippen LogP contribution in [-0.2, 0) is 4.74 Å². The number of halogens is 2. The van der Waals surface area contributed by atoms with Crippen LogP contribution in [0.3, 0.4) is 0 Å². The number of methoxy groups -OCH3 is 1. The van der Waals surface area contributed by atoms with Gasteiger partial charge in [0, 0.05) is 13.7 Å². The predicted octanol–water partition coefficient (Wildman–Crippen LogP) is 0.756. The molecule has 0 aliphatic rings. The molecular formula is C7H16F2N2O. The largest absolute Gasteiger partial charge is 0.385 e. The smallest absolute Gasteiger partial charge is 0.255 e. The zero-order valence-electron chi connectivity index (χ0n) is 7.39. The van der Waals surface area contributed by atoms with Crippen molar-refractivity contribution in [2.45, 2.75) is 25.8 Å². The highest BCUT2D eigenvalue weighted by Gasteiger charge is 2.24. The molecule has 0 saturated carbocycles. The Bertz CT molecular complexity index is 114. The maximum atomic E-state index is 12.2. The van der Waals surface area contributed by atoms with Crippen molar-refractivity contribution in [3.05, 3.63) is 0 Å². The van der Waals surface area contributed by atoms with Crippen molar-refractivity contribution in [3.8, 4) is 0 Å². The summed E-state index contributed by atoms with van der Waals surface area (Å²) in [5, 5.41) is 0. The number of hydrogen-bond donors (Lipinski definition) is 2. The lowest BCUT2D eigenvalue weighted by atomic mass is 10.00. The molecule has 0 radical (unpaired) electrons. The zero-order chi connectivity index (χ0) is 9.56. The summed E-state index contributed by atoms with van der Waals surface area (Å²) in [6, 6.07) is -0.944. The number of nitrogens with one attached hydrogen (secondary N) is 1. The summed E-state index contributed by atoms with van der Waals surface area (Å²) in [6.07, 6.45) is -1.85. The second kappa shape index (κ2) is 6.28. The summed E-state index contributed by atoms with van der Waals surface area (Å²) in [5.74, 6) is 4.79. The minimum atomic E-state index is -2.43. The van der Waals surface area contributed by atoms with Crippen molar-refractivity contribution in [1.29, 1.82) is 0 Å². The number of hydrogen-bond acceptors (Lipinski definition) is 3. The van der Waals surface area contributed by atoms with Crippen molar-refractivity contribution in [2.24, 2.45) is 11.8 Å². The summed E-state index contributed by atoms with van der Waals surface area (Å²) in [5.41, 5.74) is 2.10. The maximum Gasteiger partial charge on any atom is 0.255 e. The Morgan fingerprint density at radius 2 is 2.08 bits per heavy atom. The highest BCUT2D eigenvalue weighted by Crippen LogP contribution is 2.14. The van der Waals surface area contributed by atoms with Gasteiger partial charge in [0.25, 0.3) is 6.43 Å². The van der Waals surface area contributed by atoms with Gasteiger partial charge in [-0.3, -0.25) is 11.3 Å². The second-order valence-electron chi connectivity index (χ2n) is 2.79. The van der Waals surface area contributed by atoms with Crippen LogP contribution in [0.2, 0.25) is 0 Å². The molecule has 2 atom stereocenters. The quantitative estimate of drug-likeness (QED) is 0.471. The Kier molecular flexibility index (Phi) is 6.14. The molecule has 0 rings (SSSR count). The second-order valence-corrected chi connectivity index (χ2v) is 2.79. The fourth-order valence-corrected chi connectivity index (χ4v) is 0.969. The Balaban J connectivity index is 3.77. The molecule has 3 nitrogen and oxygen atoms in total. The molecule has 0 aliphatic heterocycles. The molecule has 5 heteroatoms. The van der Waals surface area contributed by atoms with E-state index < -0.39 is 12.5 Å². The first-order valence-electron chi connectivity index (χ1n) is 3.86. The normalized spacial score (nSPS) is 16.5. The van der Waals surface area contributed by atoms with Gasteiger partial charge in [0.05, 0.1) is 6.04 Å². The third kappa shape index (κ3) is 3.94. The van der Waals surface area contributed by atoms with Crippen LogP contribution in [0.5, 0.6) is 0 Å². The number of alkyl halides is 2. The van der Waals surface area contributed by atoms with E-state index in [0.29, 0.717) is 13.0 Å². The van der Waals surface area contributed by atoms with E-state index in [1.54, 1.807) is 14.0 Å². The first-order chi connectivity index (χ1) is 5.63. The van der Waals surface area contributed by atoms with E-state index in [0.717, 1.165) is 0 Å². The zero-order valence-corrected chi connectivity index (χ0v) is 7.39. The Morgan fingerprint density at radius 3 is 2.42 bits per heavy atom. The van der Waals surface area contributed by atoms with Gasteiger partial charge in [0.15, 0.2) is 0 Å². The topological polar surface area (TPSA) is 47.3 Å². The molecule has 2 unspecified atom stereocenters. The monoisotopic (exact) mass is 182 g/mol. The molecule has 0 aliphatic carbocycles. The molecule has 0 bridgehead atoms. The summed E-state index contributed by atoms with van der Waals surface area (Å²) < 4.78 is 29.2. The first-order valence-corrected chi connectivity index (χ1v) is 3.86. The van der Waals surface area contributed by atoms with Gasteiger partial charge >= 0.3 is 0 Å². The van der Waals surface area contributed by atoms with E-state index in [1.165, 1.54) is 0 Å². The van der Waals surface area contributed by atoms with E-state index in [2.05, 4.69) is 5.43 Å². The molecule has 0 aromatic carbocycles. The van der Waals surface area contributed by atoms with E-state index in [4.69, 9.17) is 10.6 Å². The van der Waals surface area contributed by atoms with Crippen LogP contribution in [0.25, 0.3) is 0 Å². The fraction of sp³-hybridized carbons (Fsp3) is 1.00. The average Bonchev–Trinajstić information content (AvgIpc) is 2.01. The molecule has 74 valence electrons. The average molecular weight is 182 g/mol. The molecule has 0 amide bonds. The van der Waals surface area contributed by atoms with Gasteiger partial charge in [-0.15, -0.1) is 0 Å². The van der Waals surface area contributed by atoms with Crippen molar-refractivity contribution >= 4 is 0 Å². The van der Waals surface area contributed by atoms with Crippen LogP contribution in [0.4, 0.5) is 8.78 Å². The SMILES string of the molecule is COCCC(C)C(NN)C(F)F. The van der Waals surface area contributed by atoms with Crippen molar-refractivity contribution < 1.29 is 13.5 Å². The molecule has 0 aromatic heterocycles. The van der Waals surface area contributed by atoms with Crippen molar-refractivity contribution in [1.82, 2.24) is 5.43 Å². The fourth-order valence-electron chi connectivity index (χ4n) is 0.969. The number of hydrazine groups is 1. The minimum absolute atomic E-state index is 0.185. The van der Waals surface area contributed by atoms with Crippen LogP contribution in [-0.4, -0.2) is 26.2 Å². The van der Waals surface area contributed by atoms with Gasteiger partial charge in [0.2, 0.25) is 0 Å². The minimum Gasteiger partial charge on any atom is -0.385 e. The lowest BCUT2D eigenvalue weighted by Crippen LogP contribution is -2.45. The molecule has 12 heavy (non-hydrogen) atoms. The lowest BCUT2D eigenvalue weighted by Gasteiger charge is -2.21. The third-order valence-electron chi connectivity index (χ3n) is 1.85. The molecule has 0 fully saturated rings. The molecule has 3 N–H and O–H groups in total. The molecule has 0 saturated heterocycles. The Labute approximate surface area is 71.2 Å². The highest BCUT2D eigenvalue weighted by molar-refractivity contribution is 4.72. The summed E-state index contributed by atoms with van der Waals surface area (Å²) in [4.78, 5) is 0. The van der Waals surface area contributed by atoms with Crippen LogP contribution >= 0.6 is 0 Å². The lowest BCUT2D eigenvalue weighted by molar-refractivity contribution is 0.0621. The van der Waals surface area contributed by atoms with Gasteiger partial charge in [-0.2, -0.15) is 0 Å². The molecule has 0 aromatic rings. The standard InChI is InChI=1S/C7H16F2N2O/c1-5(3-4-12-2)6(11-10)7(8)9/h5-7,11H,3-4,10H2,1-2H3.